The normalized spacial score (nSPS) is 13.7. The van der Waals surface area contributed by atoms with E-state index in [4.69, 9.17) is 21.1 Å². The van der Waals surface area contributed by atoms with Crippen LogP contribution >= 0.6 is 11.6 Å². The van der Waals surface area contributed by atoms with Crippen LogP contribution < -0.4 is 14.4 Å². The van der Waals surface area contributed by atoms with Crippen molar-refractivity contribution in [2.45, 2.75) is 0 Å². The van der Waals surface area contributed by atoms with Gasteiger partial charge in [-0.25, -0.2) is 14.4 Å². The molecule has 1 fully saturated rings. The molecule has 0 saturated carbocycles. The molecule has 0 N–H and O–H groups in total. The molecule has 0 atom stereocenters. The predicted octanol–water partition coefficient (Wildman–Crippen LogP) is 3.79. The first-order valence-corrected chi connectivity index (χ1v) is 10.1. The van der Waals surface area contributed by atoms with Crippen LogP contribution in [0, 0.1) is 5.82 Å². The molecular formula is C22H20ClFN4O3. The fourth-order valence-electron chi connectivity index (χ4n) is 3.17. The summed E-state index contributed by atoms with van der Waals surface area (Å²) in [6.45, 7) is 2.35. The second-order valence-corrected chi connectivity index (χ2v) is 7.27. The van der Waals surface area contributed by atoms with Crippen LogP contribution in [0.15, 0.2) is 60.9 Å². The maximum atomic E-state index is 13.2. The number of hydrogen-bond donors (Lipinski definition) is 0. The number of benzene rings is 2. The SMILES string of the molecule is O=C(COc1ccccc1)N1CCN(c2cc(Oc3ccc(F)cc3Cl)ncn2)CC1. The molecule has 7 nitrogen and oxygen atoms in total. The van der Waals surface area contributed by atoms with Crippen molar-refractivity contribution in [2.75, 3.05) is 37.7 Å². The zero-order chi connectivity index (χ0) is 21.6. The van der Waals surface area contributed by atoms with E-state index in [0.29, 0.717) is 49.4 Å². The highest BCUT2D eigenvalue weighted by atomic mass is 35.5. The van der Waals surface area contributed by atoms with Gasteiger partial charge in [-0.1, -0.05) is 29.8 Å². The number of rotatable bonds is 6. The third-order valence-corrected chi connectivity index (χ3v) is 5.09. The van der Waals surface area contributed by atoms with Gasteiger partial charge in [0.05, 0.1) is 5.02 Å². The lowest BCUT2D eigenvalue weighted by atomic mass is 10.3. The summed E-state index contributed by atoms with van der Waals surface area (Å²) in [5.41, 5.74) is 0. The van der Waals surface area contributed by atoms with E-state index in [0.717, 1.165) is 0 Å². The Morgan fingerprint density at radius 3 is 2.55 bits per heavy atom. The van der Waals surface area contributed by atoms with Crippen molar-refractivity contribution in [2.24, 2.45) is 0 Å². The van der Waals surface area contributed by atoms with Crippen molar-refractivity contribution in [1.82, 2.24) is 14.9 Å². The Labute approximate surface area is 184 Å². The molecule has 2 aromatic carbocycles. The average molecular weight is 443 g/mol. The predicted molar refractivity (Wildman–Crippen MR) is 114 cm³/mol. The molecule has 1 saturated heterocycles. The number of amides is 1. The maximum Gasteiger partial charge on any atom is 0.260 e. The van der Waals surface area contributed by atoms with Gasteiger partial charge in [0.1, 0.15) is 29.5 Å². The first-order chi connectivity index (χ1) is 15.1. The van der Waals surface area contributed by atoms with Crippen LogP contribution in [0.1, 0.15) is 0 Å². The van der Waals surface area contributed by atoms with Gasteiger partial charge >= 0.3 is 0 Å². The van der Waals surface area contributed by atoms with Crippen LogP contribution in [0.25, 0.3) is 0 Å². The molecule has 0 spiro atoms. The van der Waals surface area contributed by atoms with Crippen molar-refractivity contribution in [3.05, 3.63) is 71.8 Å². The minimum absolute atomic E-state index is 0.00787. The van der Waals surface area contributed by atoms with Gasteiger partial charge < -0.3 is 19.3 Å². The van der Waals surface area contributed by atoms with Gasteiger partial charge in [0.25, 0.3) is 5.91 Å². The number of carbonyl (C=O) groups is 1. The van der Waals surface area contributed by atoms with Crippen molar-refractivity contribution in [3.8, 4) is 17.4 Å². The Kier molecular flexibility index (Phi) is 6.47. The summed E-state index contributed by atoms with van der Waals surface area (Å²) in [5, 5.41) is 0.157. The van der Waals surface area contributed by atoms with E-state index in [1.165, 1.54) is 24.5 Å². The van der Waals surface area contributed by atoms with Gasteiger partial charge in [0, 0.05) is 32.2 Å². The maximum absolute atomic E-state index is 13.2. The monoisotopic (exact) mass is 442 g/mol. The molecule has 3 aromatic rings. The smallest absolute Gasteiger partial charge is 0.260 e. The molecule has 0 radical (unpaired) electrons. The molecule has 0 aliphatic carbocycles. The second kappa shape index (κ2) is 9.61. The van der Waals surface area contributed by atoms with E-state index in [1.807, 2.05) is 35.2 Å². The molecule has 1 aromatic heterocycles. The summed E-state index contributed by atoms with van der Waals surface area (Å²) in [6.07, 6.45) is 1.40. The van der Waals surface area contributed by atoms with Gasteiger partial charge in [-0.2, -0.15) is 0 Å². The summed E-state index contributed by atoms with van der Waals surface area (Å²) in [6, 6.07) is 14.8. The molecule has 160 valence electrons. The number of aromatic nitrogens is 2. The number of carbonyl (C=O) groups excluding carboxylic acids is 1. The third kappa shape index (κ3) is 5.40. The summed E-state index contributed by atoms with van der Waals surface area (Å²) in [4.78, 5) is 24.6. The summed E-state index contributed by atoms with van der Waals surface area (Å²) >= 11 is 6.01. The van der Waals surface area contributed by atoms with E-state index in [9.17, 15) is 9.18 Å². The van der Waals surface area contributed by atoms with Gasteiger partial charge in [-0.05, 0) is 30.3 Å². The Balaban J connectivity index is 1.32. The van der Waals surface area contributed by atoms with Crippen molar-refractivity contribution in [3.63, 3.8) is 0 Å². The number of nitrogens with zero attached hydrogens (tertiary/aromatic N) is 4. The average Bonchev–Trinajstić information content (AvgIpc) is 2.80. The van der Waals surface area contributed by atoms with Crippen LogP contribution in [0.5, 0.6) is 17.4 Å². The summed E-state index contributed by atoms with van der Waals surface area (Å²) in [5.74, 6) is 1.46. The zero-order valence-corrected chi connectivity index (χ0v) is 17.3. The van der Waals surface area contributed by atoms with Gasteiger partial charge in [0.2, 0.25) is 5.88 Å². The van der Waals surface area contributed by atoms with E-state index >= 15 is 0 Å². The highest BCUT2D eigenvalue weighted by Crippen LogP contribution is 2.30. The fourth-order valence-corrected chi connectivity index (χ4v) is 3.37. The Bertz CT molecular complexity index is 1050. The summed E-state index contributed by atoms with van der Waals surface area (Å²) < 4.78 is 24.4. The number of para-hydroxylation sites is 1. The lowest BCUT2D eigenvalue weighted by molar-refractivity contribution is -0.133. The zero-order valence-electron chi connectivity index (χ0n) is 16.6. The molecule has 0 unspecified atom stereocenters. The van der Waals surface area contributed by atoms with Crippen LogP contribution in [0.2, 0.25) is 5.02 Å². The molecule has 1 amide bonds. The molecular weight excluding hydrogens is 423 g/mol. The van der Waals surface area contributed by atoms with E-state index in [-0.39, 0.29) is 17.5 Å². The largest absolute Gasteiger partial charge is 0.484 e. The highest BCUT2D eigenvalue weighted by molar-refractivity contribution is 6.32. The second-order valence-electron chi connectivity index (χ2n) is 6.86. The first kappa shape index (κ1) is 20.9. The van der Waals surface area contributed by atoms with Gasteiger partial charge in [-0.3, -0.25) is 4.79 Å². The molecule has 1 aliphatic heterocycles. The van der Waals surface area contributed by atoms with Crippen LogP contribution in [-0.2, 0) is 4.79 Å². The van der Waals surface area contributed by atoms with E-state index < -0.39 is 5.82 Å². The van der Waals surface area contributed by atoms with Crippen LogP contribution in [0.3, 0.4) is 0 Å². The van der Waals surface area contributed by atoms with E-state index in [2.05, 4.69) is 9.97 Å². The lowest BCUT2D eigenvalue weighted by Crippen LogP contribution is -2.50. The number of halogens is 2. The topological polar surface area (TPSA) is 67.8 Å². The van der Waals surface area contributed by atoms with Gasteiger partial charge in [-0.15, -0.1) is 0 Å². The standard InChI is InChI=1S/C22H20ClFN4O3/c23-18-12-16(24)6-7-19(18)31-21-13-20(25-15-26-21)27-8-10-28(11-9-27)22(29)14-30-17-4-2-1-3-5-17/h1-7,12-13,15H,8-11,14H2. The Morgan fingerprint density at radius 2 is 1.81 bits per heavy atom. The molecule has 4 rings (SSSR count). The third-order valence-electron chi connectivity index (χ3n) is 4.80. The molecule has 0 bridgehead atoms. The minimum atomic E-state index is -0.442. The van der Waals surface area contributed by atoms with Crippen molar-refractivity contribution >= 4 is 23.3 Å². The van der Waals surface area contributed by atoms with Crippen LogP contribution in [-0.4, -0.2) is 53.6 Å². The molecule has 31 heavy (non-hydrogen) atoms. The molecule has 1 aliphatic rings. The molecule has 2 heterocycles. The summed E-state index contributed by atoms with van der Waals surface area (Å²) in [7, 11) is 0. The minimum Gasteiger partial charge on any atom is -0.484 e. The Hall–Kier alpha value is -3.39. The van der Waals surface area contributed by atoms with E-state index in [1.54, 1.807) is 11.0 Å². The number of hydrogen-bond acceptors (Lipinski definition) is 6. The number of piperazine rings is 1. The molecule has 9 heteroatoms. The first-order valence-electron chi connectivity index (χ1n) is 9.74. The van der Waals surface area contributed by atoms with Crippen molar-refractivity contribution < 1.29 is 18.7 Å². The fraction of sp³-hybridized carbons (Fsp3) is 0.227. The number of ether oxygens (including phenoxy) is 2. The lowest BCUT2D eigenvalue weighted by Gasteiger charge is -2.35. The van der Waals surface area contributed by atoms with Crippen molar-refractivity contribution in [1.29, 1.82) is 0 Å². The quantitative estimate of drug-likeness (QED) is 0.578. The van der Waals surface area contributed by atoms with Gasteiger partial charge in [0.15, 0.2) is 6.61 Å². The highest BCUT2D eigenvalue weighted by Gasteiger charge is 2.22. The number of anilines is 1. The van der Waals surface area contributed by atoms with Crippen LogP contribution in [0.4, 0.5) is 10.2 Å². The Morgan fingerprint density at radius 1 is 1.03 bits per heavy atom.